The SMILES string of the molecule is O=C(c1cnc(Cl)c(F)c1)N1CCCCC1C(F)(F)F. The van der Waals surface area contributed by atoms with E-state index in [2.05, 4.69) is 4.98 Å². The number of hydrogen-bond donors (Lipinski definition) is 0. The summed E-state index contributed by atoms with van der Waals surface area (Å²) in [6.45, 7) is -0.00669. The Hall–Kier alpha value is -1.37. The number of hydrogen-bond acceptors (Lipinski definition) is 2. The van der Waals surface area contributed by atoms with Crippen LogP contribution in [0.3, 0.4) is 0 Å². The fraction of sp³-hybridized carbons (Fsp3) is 0.500. The number of pyridine rings is 1. The molecule has 1 aliphatic rings. The van der Waals surface area contributed by atoms with Crippen molar-refractivity contribution < 1.29 is 22.4 Å². The molecule has 1 aromatic rings. The molecular weight excluding hydrogens is 300 g/mol. The van der Waals surface area contributed by atoms with Crippen LogP contribution in [0.4, 0.5) is 17.6 Å². The van der Waals surface area contributed by atoms with Crippen molar-refractivity contribution in [1.82, 2.24) is 9.88 Å². The number of carbonyl (C=O) groups is 1. The molecule has 0 radical (unpaired) electrons. The number of carbonyl (C=O) groups excluding carboxylic acids is 1. The number of likely N-dealkylation sites (tertiary alicyclic amines) is 1. The molecule has 8 heteroatoms. The molecule has 3 nitrogen and oxygen atoms in total. The van der Waals surface area contributed by atoms with Crippen LogP contribution < -0.4 is 0 Å². The van der Waals surface area contributed by atoms with Gasteiger partial charge < -0.3 is 4.90 Å². The van der Waals surface area contributed by atoms with Crippen LogP contribution in [0.1, 0.15) is 29.6 Å². The molecule has 1 unspecified atom stereocenters. The molecule has 1 atom stereocenters. The Balaban J connectivity index is 2.27. The summed E-state index contributed by atoms with van der Waals surface area (Å²) in [5.74, 6) is -1.81. The maximum Gasteiger partial charge on any atom is 0.408 e. The number of piperidine rings is 1. The molecule has 2 rings (SSSR count). The smallest absolute Gasteiger partial charge is 0.326 e. The van der Waals surface area contributed by atoms with Crippen molar-refractivity contribution in [3.05, 3.63) is 28.8 Å². The van der Waals surface area contributed by atoms with E-state index < -0.39 is 29.1 Å². The van der Waals surface area contributed by atoms with Gasteiger partial charge in [-0.15, -0.1) is 0 Å². The van der Waals surface area contributed by atoms with Gasteiger partial charge in [-0.1, -0.05) is 11.6 Å². The molecule has 0 aromatic carbocycles. The van der Waals surface area contributed by atoms with Gasteiger partial charge in [0.05, 0.1) is 5.56 Å². The Labute approximate surface area is 117 Å². The highest BCUT2D eigenvalue weighted by atomic mass is 35.5. The van der Waals surface area contributed by atoms with Gasteiger partial charge in [0.2, 0.25) is 0 Å². The van der Waals surface area contributed by atoms with E-state index in [1.54, 1.807) is 0 Å². The summed E-state index contributed by atoms with van der Waals surface area (Å²) >= 11 is 5.38. The lowest BCUT2D eigenvalue weighted by Crippen LogP contribution is -2.51. The van der Waals surface area contributed by atoms with Crippen molar-refractivity contribution in [1.29, 1.82) is 0 Å². The second kappa shape index (κ2) is 5.55. The molecule has 1 fully saturated rings. The zero-order chi connectivity index (χ0) is 14.9. The van der Waals surface area contributed by atoms with Crippen molar-refractivity contribution in [3.63, 3.8) is 0 Å². The van der Waals surface area contributed by atoms with Crippen LogP contribution in [-0.2, 0) is 0 Å². The normalized spacial score (nSPS) is 20.1. The van der Waals surface area contributed by atoms with Crippen LogP contribution in [0.2, 0.25) is 5.15 Å². The first kappa shape index (κ1) is 15.0. The Bertz CT molecular complexity index is 521. The fourth-order valence-corrected chi connectivity index (χ4v) is 2.32. The van der Waals surface area contributed by atoms with Gasteiger partial charge in [-0.25, -0.2) is 9.37 Å². The number of amides is 1. The van der Waals surface area contributed by atoms with E-state index in [4.69, 9.17) is 11.6 Å². The third kappa shape index (κ3) is 3.03. The number of halogens is 5. The third-order valence-corrected chi connectivity index (χ3v) is 3.46. The first-order valence-corrected chi connectivity index (χ1v) is 6.37. The van der Waals surface area contributed by atoms with E-state index >= 15 is 0 Å². The zero-order valence-corrected chi connectivity index (χ0v) is 11.0. The third-order valence-electron chi connectivity index (χ3n) is 3.18. The standard InChI is InChI=1S/C12H11ClF4N2O/c13-10-8(14)5-7(6-18-10)11(20)19-4-2-1-3-9(19)12(15,16)17/h5-6,9H,1-4H2. The minimum Gasteiger partial charge on any atom is -0.326 e. The number of alkyl halides is 3. The summed E-state index contributed by atoms with van der Waals surface area (Å²) in [5.41, 5.74) is -0.233. The van der Waals surface area contributed by atoms with Gasteiger partial charge in [0, 0.05) is 12.7 Å². The summed E-state index contributed by atoms with van der Waals surface area (Å²) in [6, 6.07) is -1.03. The lowest BCUT2D eigenvalue weighted by molar-refractivity contribution is -0.183. The predicted molar refractivity (Wildman–Crippen MR) is 63.9 cm³/mol. The first-order chi connectivity index (χ1) is 9.30. The second-order valence-electron chi connectivity index (χ2n) is 4.55. The van der Waals surface area contributed by atoms with Crippen molar-refractivity contribution in [2.45, 2.75) is 31.5 Å². The first-order valence-electron chi connectivity index (χ1n) is 5.99. The molecule has 0 N–H and O–H groups in total. The van der Waals surface area contributed by atoms with Crippen LogP contribution in [0, 0.1) is 5.82 Å². The second-order valence-corrected chi connectivity index (χ2v) is 4.91. The lowest BCUT2D eigenvalue weighted by atomic mass is 10.0. The molecule has 1 aliphatic heterocycles. The van der Waals surface area contributed by atoms with Crippen molar-refractivity contribution in [2.24, 2.45) is 0 Å². The van der Waals surface area contributed by atoms with Gasteiger partial charge in [-0.05, 0) is 25.3 Å². The molecule has 1 saturated heterocycles. The van der Waals surface area contributed by atoms with Gasteiger partial charge in [0.15, 0.2) is 11.0 Å². The summed E-state index contributed by atoms with van der Waals surface area (Å²) in [7, 11) is 0. The molecule has 1 amide bonds. The van der Waals surface area contributed by atoms with Crippen molar-refractivity contribution >= 4 is 17.5 Å². The Kier molecular flexibility index (Phi) is 4.17. The van der Waals surface area contributed by atoms with Gasteiger partial charge in [0.1, 0.15) is 6.04 Å². The maximum absolute atomic E-state index is 13.3. The highest BCUT2D eigenvalue weighted by Gasteiger charge is 2.46. The van der Waals surface area contributed by atoms with Crippen molar-refractivity contribution in [2.75, 3.05) is 6.54 Å². The van der Waals surface area contributed by atoms with Gasteiger partial charge in [-0.2, -0.15) is 13.2 Å². The van der Waals surface area contributed by atoms with E-state index in [-0.39, 0.29) is 18.5 Å². The monoisotopic (exact) mass is 310 g/mol. The highest BCUT2D eigenvalue weighted by molar-refractivity contribution is 6.29. The Morgan fingerprint density at radius 3 is 2.70 bits per heavy atom. The minimum atomic E-state index is -4.49. The molecule has 0 aliphatic carbocycles. The molecule has 0 spiro atoms. The van der Waals surface area contributed by atoms with E-state index in [1.165, 1.54) is 0 Å². The fourth-order valence-electron chi connectivity index (χ4n) is 2.22. The molecule has 20 heavy (non-hydrogen) atoms. The minimum absolute atomic E-state index is 0.00669. The number of aromatic nitrogens is 1. The largest absolute Gasteiger partial charge is 0.408 e. The Morgan fingerprint density at radius 2 is 2.10 bits per heavy atom. The van der Waals surface area contributed by atoms with E-state index in [0.29, 0.717) is 12.8 Å². The zero-order valence-electron chi connectivity index (χ0n) is 10.3. The summed E-state index contributed by atoms with van der Waals surface area (Å²) < 4.78 is 52.0. The topological polar surface area (TPSA) is 33.2 Å². The molecule has 110 valence electrons. The Morgan fingerprint density at radius 1 is 1.40 bits per heavy atom. The summed E-state index contributed by atoms with van der Waals surface area (Å²) in [4.78, 5) is 16.3. The quantitative estimate of drug-likeness (QED) is 0.588. The number of rotatable bonds is 1. The van der Waals surface area contributed by atoms with E-state index in [0.717, 1.165) is 17.2 Å². The average Bonchev–Trinajstić information content (AvgIpc) is 2.40. The molecule has 2 heterocycles. The van der Waals surface area contributed by atoms with Crippen molar-refractivity contribution in [3.8, 4) is 0 Å². The van der Waals surface area contributed by atoms with Crippen LogP contribution in [0.15, 0.2) is 12.3 Å². The molecule has 0 saturated carbocycles. The molecule has 0 bridgehead atoms. The van der Waals surface area contributed by atoms with Gasteiger partial charge in [-0.3, -0.25) is 4.79 Å². The van der Waals surface area contributed by atoms with Gasteiger partial charge >= 0.3 is 6.18 Å². The van der Waals surface area contributed by atoms with Crippen LogP contribution in [0.5, 0.6) is 0 Å². The summed E-state index contributed by atoms with van der Waals surface area (Å²) in [6.07, 6.45) is -2.76. The molecular formula is C12H11ClF4N2O. The average molecular weight is 311 g/mol. The lowest BCUT2D eigenvalue weighted by Gasteiger charge is -2.36. The van der Waals surface area contributed by atoms with E-state index in [1.807, 2.05) is 0 Å². The van der Waals surface area contributed by atoms with Crippen LogP contribution in [0.25, 0.3) is 0 Å². The van der Waals surface area contributed by atoms with Gasteiger partial charge in [0.25, 0.3) is 5.91 Å². The van der Waals surface area contributed by atoms with Crippen LogP contribution in [-0.4, -0.2) is 34.6 Å². The van der Waals surface area contributed by atoms with E-state index in [9.17, 15) is 22.4 Å². The summed E-state index contributed by atoms with van der Waals surface area (Å²) in [5, 5.41) is -0.424. The maximum atomic E-state index is 13.3. The predicted octanol–water partition coefficient (Wildman–Crippen LogP) is 3.43. The number of nitrogens with zero attached hydrogens (tertiary/aromatic N) is 2. The highest BCUT2D eigenvalue weighted by Crippen LogP contribution is 2.32. The van der Waals surface area contributed by atoms with Crippen LogP contribution >= 0.6 is 11.6 Å². The molecule has 1 aromatic heterocycles.